The Morgan fingerprint density at radius 1 is 1.15 bits per heavy atom. The summed E-state index contributed by atoms with van der Waals surface area (Å²) in [6, 6.07) is 6.84. The third-order valence-electron chi connectivity index (χ3n) is 2.36. The number of anilines is 1. The Kier molecular flexibility index (Phi) is 6.71. The van der Waals surface area contributed by atoms with Gasteiger partial charge in [0, 0.05) is 5.69 Å². The number of benzene rings is 1. The first-order chi connectivity index (χ1) is 9.53. The molecule has 0 atom stereocenters. The summed E-state index contributed by atoms with van der Waals surface area (Å²) in [7, 11) is -1.80. The van der Waals surface area contributed by atoms with E-state index >= 15 is 0 Å². The van der Waals surface area contributed by atoms with Gasteiger partial charge < -0.3 is 19.1 Å². The van der Waals surface area contributed by atoms with E-state index in [9.17, 15) is 9.36 Å². The van der Waals surface area contributed by atoms with Gasteiger partial charge in [-0.1, -0.05) is 0 Å². The van der Waals surface area contributed by atoms with E-state index in [1.165, 1.54) is 0 Å². The normalized spacial score (nSPS) is 11.2. The average Bonchev–Trinajstić information content (AvgIpc) is 2.39. The lowest BCUT2D eigenvalue weighted by Gasteiger charge is -2.16. The zero-order chi connectivity index (χ0) is 15.0. The second-order valence-corrected chi connectivity index (χ2v) is 5.94. The first-order valence-electron chi connectivity index (χ1n) is 6.35. The van der Waals surface area contributed by atoms with Crippen molar-refractivity contribution in [3.63, 3.8) is 0 Å². The summed E-state index contributed by atoms with van der Waals surface area (Å²) in [5.41, 5.74) is 0.593. The number of hydrogen-bond acceptors (Lipinski definition) is 5. The van der Waals surface area contributed by atoms with Crippen LogP contribution in [0.1, 0.15) is 13.8 Å². The maximum absolute atomic E-state index is 12.2. The molecule has 7 heteroatoms. The number of carbonyl (C=O) groups is 1. The van der Waals surface area contributed by atoms with Gasteiger partial charge >= 0.3 is 7.60 Å². The number of ether oxygens (including phenoxy) is 1. The largest absolute Gasteiger partial charge is 0.497 e. The zero-order valence-corrected chi connectivity index (χ0v) is 12.8. The molecule has 1 N–H and O–H groups in total. The van der Waals surface area contributed by atoms with Crippen molar-refractivity contribution in [2.24, 2.45) is 0 Å². The predicted octanol–water partition coefficient (Wildman–Crippen LogP) is 2.90. The standard InChI is InChI=1S/C13H20NO5P/c1-4-18-20(16,19-5-2)10-13(15)14-11-6-8-12(17-3)9-7-11/h6-9H,4-5,10H2,1-3H3,(H,14,15). The Morgan fingerprint density at radius 2 is 1.70 bits per heavy atom. The van der Waals surface area contributed by atoms with Crippen LogP contribution >= 0.6 is 7.60 Å². The molecule has 0 aromatic heterocycles. The molecule has 20 heavy (non-hydrogen) atoms. The van der Waals surface area contributed by atoms with E-state index in [-0.39, 0.29) is 19.4 Å². The van der Waals surface area contributed by atoms with Crippen LogP contribution in [0.3, 0.4) is 0 Å². The maximum atomic E-state index is 12.2. The molecule has 0 aliphatic heterocycles. The molecule has 0 fully saturated rings. The van der Waals surface area contributed by atoms with Gasteiger partial charge in [0.05, 0.1) is 20.3 Å². The minimum Gasteiger partial charge on any atom is -0.497 e. The molecule has 0 aliphatic carbocycles. The third-order valence-corrected chi connectivity index (χ3v) is 4.34. The zero-order valence-electron chi connectivity index (χ0n) is 11.9. The Bertz CT molecular complexity index is 464. The molecule has 0 unspecified atom stereocenters. The summed E-state index contributed by atoms with van der Waals surface area (Å²) in [6.07, 6.45) is -0.305. The van der Waals surface area contributed by atoms with Gasteiger partial charge in [-0.05, 0) is 38.1 Å². The van der Waals surface area contributed by atoms with E-state index in [0.29, 0.717) is 11.4 Å². The van der Waals surface area contributed by atoms with Crippen molar-refractivity contribution in [1.82, 2.24) is 0 Å². The van der Waals surface area contributed by atoms with Gasteiger partial charge in [0.25, 0.3) is 0 Å². The van der Waals surface area contributed by atoms with Gasteiger partial charge in [-0.15, -0.1) is 0 Å². The van der Waals surface area contributed by atoms with E-state index in [0.717, 1.165) is 0 Å². The lowest BCUT2D eigenvalue weighted by Crippen LogP contribution is -2.18. The number of carbonyl (C=O) groups excluding carboxylic acids is 1. The van der Waals surface area contributed by atoms with E-state index in [1.807, 2.05) is 0 Å². The van der Waals surface area contributed by atoms with Crippen LogP contribution in [0.15, 0.2) is 24.3 Å². The van der Waals surface area contributed by atoms with Crippen LogP contribution in [0.2, 0.25) is 0 Å². The van der Waals surface area contributed by atoms with Crippen LogP contribution in [0.4, 0.5) is 5.69 Å². The van der Waals surface area contributed by atoms with E-state index in [1.54, 1.807) is 45.2 Å². The van der Waals surface area contributed by atoms with Crippen LogP contribution in [0.5, 0.6) is 5.75 Å². The van der Waals surface area contributed by atoms with E-state index in [2.05, 4.69) is 5.32 Å². The molecule has 1 rings (SSSR count). The molecule has 6 nitrogen and oxygen atoms in total. The number of rotatable bonds is 8. The summed E-state index contributed by atoms with van der Waals surface area (Å²) < 4.78 is 27.3. The molecule has 0 saturated heterocycles. The van der Waals surface area contributed by atoms with Crippen molar-refractivity contribution in [3.05, 3.63) is 24.3 Å². The number of hydrogen-bond donors (Lipinski definition) is 1. The summed E-state index contributed by atoms with van der Waals surface area (Å²) in [6.45, 7) is 3.86. The fraction of sp³-hybridized carbons (Fsp3) is 0.462. The Morgan fingerprint density at radius 3 is 2.15 bits per heavy atom. The van der Waals surface area contributed by atoms with Crippen molar-refractivity contribution in [3.8, 4) is 5.75 Å². The van der Waals surface area contributed by atoms with Gasteiger partial charge in [-0.3, -0.25) is 9.36 Å². The average molecular weight is 301 g/mol. The molecule has 0 saturated carbocycles. The second-order valence-electron chi connectivity index (χ2n) is 3.88. The van der Waals surface area contributed by atoms with Crippen molar-refractivity contribution < 1.29 is 23.1 Å². The number of amides is 1. The molecule has 1 amide bonds. The molecular formula is C13H20NO5P. The topological polar surface area (TPSA) is 73.9 Å². The van der Waals surface area contributed by atoms with Crippen molar-refractivity contribution >= 4 is 19.2 Å². The minimum absolute atomic E-state index is 0.229. The molecule has 112 valence electrons. The van der Waals surface area contributed by atoms with Crippen molar-refractivity contribution in [2.45, 2.75) is 13.8 Å². The molecule has 0 bridgehead atoms. The highest BCUT2D eigenvalue weighted by atomic mass is 31.2. The predicted molar refractivity (Wildman–Crippen MR) is 77.3 cm³/mol. The molecule has 0 radical (unpaired) electrons. The van der Waals surface area contributed by atoms with Gasteiger partial charge in [-0.2, -0.15) is 0 Å². The molecule has 1 aromatic rings. The summed E-state index contributed by atoms with van der Waals surface area (Å²) >= 11 is 0. The van der Waals surface area contributed by atoms with Crippen LogP contribution in [-0.2, 0) is 18.4 Å². The maximum Gasteiger partial charge on any atom is 0.340 e. The SMILES string of the molecule is CCOP(=O)(CC(=O)Nc1ccc(OC)cc1)OCC. The van der Waals surface area contributed by atoms with Crippen LogP contribution in [-0.4, -0.2) is 32.4 Å². The van der Waals surface area contributed by atoms with Gasteiger partial charge in [0.1, 0.15) is 11.9 Å². The van der Waals surface area contributed by atoms with Crippen LogP contribution < -0.4 is 10.1 Å². The van der Waals surface area contributed by atoms with E-state index < -0.39 is 13.5 Å². The first kappa shape index (κ1) is 16.7. The van der Waals surface area contributed by atoms with Crippen molar-refractivity contribution in [1.29, 1.82) is 0 Å². The highest BCUT2D eigenvalue weighted by Crippen LogP contribution is 2.47. The summed E-state index contributed by atoms with van der Waals surface area (Å²) in [5.74, 6) is 0.276. The lowest BCUT2D eigenvalue weighted by atomic mass is 10.3. The Balaban J connectivity index is 2.62. The Hall–Kier alpha value is -1.36. The van der Waals surface area contributed by atoms with Crippen LogP contribution in [0.25, 0.3) is 0 Å². The molecule has 0 heterocycles. The first-order valence-corrected chi connectivity index (χ1v) is 8.07. The highest BCUT2D eigenvalue weighted by Gasteiger charge is 2.27. The molecule has 1 aromatic carbocycles. The van der Waals surface area contributed by atoms with Gasteiger partial charge in [0.15, 0.2) is 0 Å². The quantitative estimate of drug-likeness (QED) is 0.747. The monoisotopic (exact) mass is 301 g/mol. The second kappa shape index (κ2) is 8.04. The van der Waals surface area contributed by atoms with Gasteiger partial charge in [0.2, 0.25) is 5.91 Å². The number of nitrogens with one attached hydrogen (secondary N) is 1. The van der Waals surface area contributed by atoms with Gasteiger partial charge in [-0.25, -0.2) is 0 Å². The number of methoxy groups -OCH3 is 1. The fourth-order valence-electron chi connectivity index (χ4n) is 1.57. The molecular weight excluding hydrogens is 281 g/mol. The smallest absolute Gasteiger partial charge is 0.340 e. The lowest BCUT2D eigenvalue weighted by molar-refractivity contribution is -0.114. The molecule has 0 aliphatic rings. The highest BCUT2D eigenvalue weighted by molar-refractivity contribution is 7.54. The minimum atomic E-state index is -3.36. The molecule has 0 spiro atoms. The van der Waals surface area contributed by atoms with Crippen LogP contribution in [0, 0.1) is 0 Å². The summed E-state index contributed by atoms with van der Waals surface area (Å²) in [4.78, 5) is 11.9. The van der Waals surface area contributed by atoms with E-state index in [4.69, 9.17) is 13.8 Å². The summed E-state index contributed by atoms with van der Waals surface area (Å²) in [5, 5.41) is 2.64. The van der Waals surface area contributed by atoms with Crippen molar-refractivity contribution in [2.75, 3.05) is 31.8 Å². The third kappa shape index (κ3) is 5.33. The Labute approximate surface area is 119 Å². The fourth-order valence-corrected chi connectivity index (χ4v) is 3.05.